The lowest BCUT2D eigenvalue weighted by Crippen LogP contribution is -2.30. The molecule has 0 radical (unpaired) electrons. The Labute approximate surface area is 101 Å². The third-order valence-electron chi connectivity index (χ3n) is 3.23. The van der Waals surface area contributed by atoms with Crippen molar-refractivity contribution in [2.75, 3.05) is 0 Å². The smallest absolute Gasteiger partial charge is 0.00619 e. The lowest BCUT2D eigenvalue weighted by atomic mass is 9.63. The molecular formula is C16H26. The molecule has 1 rings (SSSR count). The van der Waals surface area contributed by atoms with Gasteiger partial charge >= 0.3 is 0 Å². The van der Waals surface area contributed by atoms with E-state index in [0.29, 0.717) is 16.7 Å². The Morgan fingerprint density at radius 3 is 1.62 bits per heavy atom. The van der Waals surface area contributed by atoms with Crippen LogP contribution in [0.5, 0.6) is 0 Å². The molecular weight excluding hydrogens is 192 g/mol. The quantitative estimate of drug-likeness (QED) is 0.610. The number of benzene rings is 1. The van der Waals surface area contributed by atoms with Gasteiger partial charge in [-0.15, -0.1) is 0 Å². The molecule has 0 aliphatic carbocycles. The maximum atomic E-state index is 2.34. The first-order chi connectivity index (χ1) is 7.14. The Morgan fingerprint density at radius 1 is 0.812 bits per heavy atom. The Morgan fingerprint density at radius 2 is 1.25 bits per heavy atom. The normalized spacial score (nSPS) is 13.2. The molecule has 0 saturated carbocycles. The summed E-state index contributed by atoms with van der Waals surface area (Å²) in [4.78, 5) is 0. The second-order valence-electron chi connectivity index (χ2n) is 7.02. The van der Waals surface area contributed by atoms with E-state index in [4.69, 9.17) is 0 Å². The molecule has 16 heavy (non-hydrogen) atoms. The van der Waals surface area contributed by atoms with Crippen LogP contribution in [0.3, 0.4) is 0 Å². The van der Waals surface area contributed by atoms with E-state index in [9.17, 15) is 0 Å². The summed E-state index contributed by atoms with van der Waals surface area (Å²) >= 11 is 0. The first-order valence-corrected chi connectivity index (χ1v) is 6.19. The van der Waals surface area contributed by atoms with Crippen LogP contribution in [-0.4, -0.2) is 0 Å². The first-order valence-electron chi connectivity index (χ1n) is 6.19. The number of aryl methyl sites for hydroxylation is 1. The molecule has 0 aliphatic heterocycles. The third kappa shape index (κ3) is 2.87. The van der Waals surface area contributed by atoms with Crippen molar-refractivity contribution in [1.29, 1.82) is 0 Å². The monoisotopic (exact) mass is 218 g/mol. The molecule has 0 unspecified atom stereocenters. The van der Waals surface area contributed by atoms with Gasteiger partial charge in [0.15, 0.2) is 0 Å². The number of hydrogen-bond donors (Lipinski definition) is 0. The second-order valence-corrected chi connectivity index (χ2v) is 7.02. The summed E-state index contributed by atoms with van der Waals surface area (Å²) in [6.45, 7) is 16.3. The van der Waals surface area contributed by atoms with Crippen molar-refractivity contribution >= 4 is 0 Å². The van der Waals surface area contributed by atoms with E-state index >= 15 is 0 Å². The van der Waals surface area contributed by atoms with Crippen molar-refractivity contribution in [2.45, 2.75) is 54.4 Å². The summed E-state index contributed by atoms with van der Waals surface area (Å²) in [5, 5.41) is 0. The summed E-state index contributed by atoms with van der Waals surface area (Å²) in [5.41, 5.74) is 3.51. The first kappa shape index (κ1) is 13.3. The molecule has 1 aromatic rings. The van der Waals surface area contributed by atoms with E-state index in [-0.39, 0.29) is 0 Å². The average molecular weight is 218 g/mol. The van der Waals surface area contributed by atoms with Crippen LogP contribution in [0.25, 0.3) is 0 Å². The Kier molecular flexibility index (Phi) is 3.52. The van der Waals surface area contributed by atoms with Gasteiger partial charge in [0.05, 0.1) is 0 Å². The van der Waals surface area contributed by atoms with Gasteiger partial charge in [0.25, 0.3) is 0 Å². The zero-order chi connectivity index (χ0) is 12.6. The molecule has 0 aliphatic rings. The van der Waals surface area contributed by atoms with E-state index in [2.05, 4.69) is 72.7 Å². The highest BCUT2D eigenvalue weighted by Crippen LogP contribution is 2.47. The fraction of sp³-hybridized carbons (Fsp3) is 0.625. The maximum Gasteiger partial charge on any atom is -0.00619 e. The second kappa shape index (κ2) is 4.24. The van der Waals surface area contributed by atoms with Crippen LogP contribution in [0.1, 0.15) is 58.6 Å². The van der Waals surface area contributed by atoms with Crippen LogP contribution in [-0.2, 0) is 0 Å². The highest BCUT2D eigenvalue weighted by atomic mass is 14.4. The van der Waals surface area contributed by atoms with Crippen LogP contribution in [0.15, 0.2) is 24.3 Å². The van der Waals surface area contributed by atoms with E-state index in [0.717, 1.165) is 0 Å². The van der Waals surface area contributed by atoms with Crippen molar-refractivity contribution in [3.63, 3.8) is 0 Å². The highest BCUT2D eigenvalue weighted by Gasteiger charge is 2.36. The Balaban J connectivity index is 3.29. The van der Waals surface area contributed by atoms with Crippen LogP contribution in [0.4, 0.5) is 0 Å². The predicted octanol–water partition coefficient (Wildman–Crippen LogP) is 5.17. The molecule has 0 amide bonds. The van der Waals surface area contributed by atoms with Crippen molar-refractivity contribution < 1.29 is 0 Å². The van der Waals surface area contributed by atoms with Gasteiger partial charge in [0.1, 0.15) is 0 Å². The van der Waals surface area contributed by atoms with E-state index < -0.39 is 0 Å². The van der Waals surface area contributed by atoms with Crippen molar-refractivity contribution in [3.05, 3.63) is 35.4 Å². The lowest BCUT2D eigenvalue weighted by molar-refractivity contribution is 0.175. The molecule has 0 atom stereocenters. The van der Waals surface area contributed by atoms with Crippen LogP contribution in [0, 0.1) is 17.8 Å². The minimum absolute atomic E-state index is 0.296. The summed E-state index contributed by atoms with van der Waals surface area (Å²) in [5.74, 6) is 0.584. The molecule has 0 saturated heterocycles. The third-order valence-corrected chi connectivity index (χ3v) is 3.23. The minimum Gasteiger partial charge on any atom is -0.0620 e. The van der Waals surface area contributed by atoms with Gasteiger partial charge in [-0.2, -0.15) is 0 Å². The molecule has 0 fully saturated rings. The van der Waals surface area contributed by atoms with Gasteiger partial charge in [0.2, 0.25) is 0 Å². The lowest BCUT2D eigenvalue weighted by Gasteiger charge is -2.42. The Hall–Kier alpha value is -0.780. The van der Waals surface area contributed by atoms with Gasteiger partial charge < -0.3 is 0 Å². The fourth-order valence-electron chi connectivity index (χ4n) is 3.14. The summed E-state index contributed by atoms with van der Waals surface area (Å²) in [6, 6.07) is 8.80. The number of rotatable bonds is 1. The standard InChI is InChI=1S/C16H26/c1-12-10-8-9-11-13(12)14(15(2,3)4)16(5,6)7/h8-11,14H,1-7H3. The van der Waals surface area contributed by atoms with Crippen molar-refractivity contribution in [1.82, 2.24) is 0 Å². The van der Waals surface area contributed by atoms with Gasteiger partial charge in [-0.3, -0.25) is 0 Å². The van der Waals surface area contributed by atoms with Crippen molar-refractivity contribution in [2.24, 2.45) is 10.8 Å². The van der Waals surface area contributed by atoms with Gasteiger partial charge in [-0.1, -0.05) is 65.8 Å². The Bertz CT molecular complexity index is 333. The van der Waals surface area contributed by atoms with Gasteiger partial charge in [-0.05, 0) is 34.8 Å². The summed E-state index contributed by atoms with van der Waals surface area (Å²) in [7, 11) is 0. The largest absolute Gasteiger partial charge is 0.0620 e. The zero-order valence-electron chi connectivity index (χ0n) is 11.9. The average Bonchev–Trinajstić information content (AvgIpc) is 2.03. The maximum absolute atomic E-state index is 2.34. The molecule has 0 bridgehead atoms. The van der Waals surface area contributed by atoms with Gasteiger partial charge in [0, 0.05) is 0 Å². The molecule has 90 valence electrons. The molecule has 0 heterocycles. The van der Waals surface area contributed by atoms with Gasteiger partial charge in [-0.25, -0.2) is 0 Å². The zero-order valence-corrected chi connectivity index (χ0v) is 11.9. The minimum atomic E-state index is 0.296. The molecule has 0 N–H and O–H groups in total. The van der Waals surface area contributed by atoms with Crippen LogP contribution < -0.4 is 0 Å². The number of hydrogen-bond acceptors (Lipinski definition) is 0. The van der Waals surface area contributed by atoms with Crippen molar-refractivity contribution in [3.8, 4) is 0 Å². The molecule has 0 heteroatoms. The van der Waals surface area contributed by atoms with E-state index in [1.54, 1.807) is 0 Å². The molecule has 0 spiro atoms. The van der Waals surface area contributed by atoms with E-state index in [1.807, 2.05) is 0 Å². The topological polar surface area (TPSA) is 0 Å². The predicted molar refractivity (Wildman–Crippen MR) is 72.8 cm³/mol. The fourth-order valence-corrected chi connectivity index (χ4v) is 3.14. The summed E-state index contributed by atoms with van der Waals surface area (Å²) < 4.78 is 0. The molecule has 0 aromatic heterocycles. The summed E-state index contributed by atoms with van der Waals surface area (Å²) in [6.07, 6.45) is 0. The highest BCUT2D eigenvalue weighted by molar-refractivity contribution is 5.31. The SMILES string of the molecule is Cc1ccccc1C(C(C)(C)C)C(C)(C)C. The van der Waals surface area contributed by atoms with Crippen LogP contribution >= 0.6 is 0 Å². The van der Waals surface area contributed by atoms with E-state index in [1.165, 1.54) is 11.1 Å². The molecule has 0 nitrogen and oxygen atoms in total. The van der Waals surface area contributed by atoms with Crippen LogP contribution in [0.2, 0.25) is 0 Å². The molecule has 1 aromatic carbocycles.